The summed E-state index contributed by atoms with van der Waals surface area (Å²) in [5.41, 5.74) is 1.97. The summed E-state index contributed by atoms with van der Waals surface area (Å²) >= 11 is 0. The lowest BCUT2D eigenvalue weighted by molar-refractivity contribution is -0.384. The van der Waals surface area contributed by atoms with Gasteiger partial charge in [-0.15, -0.1) is 0 Å². The number of aromatic nitrogens is 2. The molecule has 1 aliphatic heterocycles. The van der Waals surface area contributed by atoms with Crippen LogP contribution in [0.1, 0.15) is 16.2 Å². The van der Waals surface area contributed by atoms with Crippen molar-refractivity contribution in [2.45, 2.75) is 6.92 Å². The second-order valence-electron chi connectivity index (χ2n) is 5.60. The van der Waals surface area contributed by atoms with Crippen LogP contribution in [-0.2, 0) is 0 Å². The first kappa shape index (κ1) is 15.9. The largest absolute Gasteiger partial charge is 0.368 e. The summed E-state index contributed by atoms with van der Waals surface area (Å²) in [5.74, 6) is -0.138. The number of piperazine rings is 1. The minimum atomic E-state index is -0.403. The average Bonchev–Trinajstić information content (AvgIpc) is 2.62. The van der Waals surface area contributed by atoms with Crippen molar-refractivity contribution in [2.75, 3.05) is 31.1 Å². The third-order valence-electron chi connectivity index (χ3n) is 3.97. The zero-order valence-electron chi connectivity index (χ0n) is 13.3. The summed E-state index contributed by atoms with van der Waals surface area (Å²) in [6.45, 7) is 4.13. The summed E-state index contributed by atoms with van der Waals surface area (Å²) in [4.78, 5) is 34.9. The summed E-state index contributed by atoms with van der Waals surface area (Å²) in [6.07, 6.45) is 3.07. The lowest BCUT2D eigenvalue weighted by atomic mass is 10.2. The fraction of sp³-hybridized carbons (Fsp3) is 0.312. The smallest absolute Gasteiger partial charge is 0.274 e. The molecule has 0 N–H and O–H groups in total. The summed E-state index contributed by atoms with van der Waals surface area (Å²) in [6, 6.07) is 6.55. The SMILES string of the molecule is Cc1cnc(C(=O)N2CCN(c3cccc([N+](=O)[O-])c3)CC2)cn1. The number of amides is 1. The minimum Gasteiger partial charge on any atom is -0.368 e. The molecule has 8 heteroatoms. The number of hydrogen-bond donors (Lipinski definition) is 0. The number of carbonyl (C=O) groups excluding carboxylic acids is 1. The second-order valence-corrected chi connectivity index (χ2v) is 5.60. The maximum Gasteiger partial charge on any atom is 0.274 e. The standard InChI is InChI=1S/C16H17N5O3/c1-12-10-18-15(11-17-12)16(22)20-7-5-19(6-8-20)13-3-2-4-14(9-13)21(23)24/h2-4,9-11H,5-8H2,1H3. The van der Waals surface area contributed by atoms with Crippen molar-refractivity contribution in [3.63, 3.8) is 0 Å². The van der Waals surface area contributed by atoms with E-state index in [1.54, 1.807) is 23.2 Å². The Balaban J connectivity index is 1.65. The van der Waals surface area contributed by atoms with Crippen LogP contribution in [0.2, 0.25) is 0 Å². The first-order valence-electron chi connectivity index (χ1n) is 7.62. The van der Waals surface area contributed by atoms with Crippen molar-refractivity contribution >= 4 is 17.3 Å². The molecule has 0 unspecified atom stereocenters. The van der Waals surface area contributed by atoms with Crippen LogP contribution in [0.4, 0.5) is 11.4 Å². The van der Waals surface area contributed by atoms with E-state index in [0.717, 1.165) is 11.4 Å². The number of nitro groups is 1. The normalized spacial score (nSPS) is 14.5. The van der Waals surface area contributed by atoms with Gasteiger partial charge in [-0.3, -0.25) is 19.9 Å². The van der Waals surface area contributed by atoms with Crippen molar-refractivity contribution in [1.82, 2.24) is 14.9 Å². The van der Waals surface area contributed by atoms with Gasteiger partial charge in [0.2, 0.25) is 0 Å². The number of nitrogens with zero attached hydrogens (tertiary/aromatic N) is 5. The van der Waals surface area contributed by atoms with Gasteiger partial charge in [-0.05, 0) is 13.0 Å². The van der Waals surface area contributed by atoms with E-state index in [0.29, 0.717) is 31.9 Å². The molecule has 1 aromatic heterocycles. The lowest BCUT2D eigenvalue weighted by Crippen LogP contribution is -2.49. The van der Waals surface area contributed by atoms with E-state index in [-0.39, 0.29) is 11.6 Å². The van der Waals surface area contributed by atoms with Gasteiger partial charge in [0.1, 0.15) is 5.69 Å². The number of aryl methyl sites for hydroxylation is 1. The van der Waals surface area contributed by atoms with Gasteiger partial charge in [0.05, 0.1) is 16.8 Å². The van der Waals surface area contributed by atoms with Crippen molar-refractivity contribution in [3.05, 3.63) is 58.2 Å². The van der Waals surface area contributed by atoms with Crippen molar-refractivity contribution in [2.24, 2.45) is 0 Å². The van der Waals surface area contributed by atoms with Crippen LogP contribution in [-0.4, -0.2) is 51.9 Å². The molecule has 8 nitrogen and oxygen atoms in total. The Morgan fingerprint density at radius 2 is 1.92 bits per heavy atom. The molecule has 1 amide bonds. The molecule has 24 heavy (non-hydrogen) atoms. The molecule has 1 saturated heterocycles. The Morgan fingerprint density at radius 1 is 1.17 bits per heavy atom. The highest BCUT2D eigenvalue weighted by Gasteiger charge is 2.24. The van der Waals surface area contributed by atoms with Gasteiger partial charge in [-0.25, -0.2) is 4.98 Å². The van der Waals surface area contributed by atoms with Crippen LogP contribution in [0.25, 0.3) is 0 Å². The number of carbonyl (C=O) groups is 1. The van der Waals surface area contributed by atoms with Gasteiger partial charge in [-0.2, -0.15) is 0 Å². The number of benzene rings is 1. The van der Waals surface area contributed by atoms with E-state index in [1.165, 1.54) is 12.3 Å². The molecule has 0 aliphatic carbocycles. The lowest BCUT2D eigenvalue weighted by Gasteiger charge is -2.35. The number of anilines is 1. The van der Waals surface area contributed by atoms with Crippen LogP contribution in [0.3, 0.4) is 0 Å². The molecule has 0 atom stereocenters. The van der Waals surface area contributed by atoms with E-state index >= 15 is 0 Å². The Morgan fingerprint density at radius 3 is 2.54 bits per heavy atom. The first-order chi connectivity index (χ1) is 11.5. The van der Waals surface area contributed by atoms with Crippen LogP contribution < -0.4 is 4.90 Å². The molecule has 1 aromatic carbocycles. The molecule has 2 heterocycles. The minimum absolute atomic E-state index is 0.0703. The van der Waals surface area contributed by atoms with Crippen molar-refractivity contribution in [3.8, 4) is 0 Å². The fourth-order valence-corrected chi connectivity index (χ4v) is 2.64. The fourth-order valence-electron chi connectivity index (χ4n) is 2.64. The highest BCUT2D eigenvalue weighted by atomic mass is 16.6. The van der Waals surface area contributed by atoms with E-state index in [2.05, 4.69) is 9.97 Å². The van der Waals surface area contributed by atoms with E-state index < -0.39 is 4.92 Å². The van der Waals surface area contributed by atoms with E-state index in [1.807, 2.05) is 17.9 Å². The summed E-state index contributed by atoms with van der Waals surface area (Å²) in [5, 5.41) is 10.9. The van der Waals surface area contributed by atoms with Gasteiger partial charge < -0.3 is 9.80 Å². The van der Waals surface area contributed by atoms with Gasteiger partial charge in [0.25, 0.3) is 11.6 Å². The molecule has 0 saturated carbocycles. The molecule has 124 valence electrons. The molecule has 1 fully saturated rings. The van der Waals surface area contributed by atoms with E-state index in [9.17, 15) is 14.9 Å². The first-order valence-corrected chi connectivity index (χ1v) is 7.62. The summed E-state index contributed by atoms with van der Waals surface area (Å²) in [7, 11) is 0. The van der Waals surface area contributed by atoms with Crippen LogP contribution in [0.15, 0.2) is 36.7 Å². The Labute approximate surface area is 138 Å². The maximum absolute atomic E-state index is 12.4. The monoisotopic (exact) mass is 327 g/mol. The van der Waals surface area contributed by atoms with Gasteiger partial charge in [0.15, 0.2) is 0 Å². The Bertz CT molecular complexity index is 755. The molecule has 3 rings (SSSR count). The average molecular weight is 327 g/mol. The molecule has 0 spiro atoms. The molecular weight excluding hydrogens is 310 g/mol. The van der Waals surface area contributed by atoms with E-state index in [4.69, 9.17) is 0 Å². The number of rotatable bonds is 3. The van der Waals surface area contributed by atoms with Gasteiger partial charge >= 0.3 is 0 Å². The predicted molar refractivity (Wildman–Crippen MR) is 88.0 cm³/mol. The van der Waals surface area contributed by atoms with Crippen LogP contribution in [0.5, 0.6) is 0 Å². The summed E-state index contributed by atoms with van der Waals surface area (Å²) < 4.78 is 0. The number of nitro benzene ring substituents is 1. The maximum atomic E-state index is 12.4. The van der Waals surface area contributed by atoms with Crippen molar-refractivity contribution in [1.29, 1.82) is 0 Å². The predicted octanol–water partition coefficient (Wildman–Crippen LogP) is 1.66. The molecular formula is C16H17N5O3. The third kappa shape index (κ3) is 3.32. The number of hydrogen-bond acceptors (Lipinski definition) is 6. The zero-order chi connectivity index (χ0) is 17.1. The topological polar surface area (TPSA) is 92.5 Å². The molecule has 0 bridgehead atoms. The molecule has 2 aromatic rings. The quantitative estimate of drug-likeness (QED) is 0.629. The second kappa shape index (κ2) is 6.61. The highest BCUT2D eigenvalue weighted by molar-refractivity contribution is 5.92. The zero-order valence-corrected chi connectivity index (χ0v) is 13.3. The highest BCUT2D eigenvalue weighted by Crippen LogP contribution is 2.22. The van der Waals surface area contributed by atoms with Gasteiger partial charge in [-0.1, -0.05) is 6.07 Å². The number of non-ortho nitro benzene ring substituents is 1. The molecule has 1 aliphatic rings. The van der Waals surface area contributed by atoms with Crippen LogP contribution in [0, 0.1) is 17.0 Å². The Hall–Kier alpha value is -3.03. The van der Waals surface area contributed by atoms with Crippen molar-refractivity contribution < 1.29 is 9.72 Å². The third-order valence-corrected chi connectivity index (χ3v) is 3.97. The van der Waals surface area contributed by atoms with Crippen LogP contribution >= 0.6 is 0 Å². The Kier molecular flexibility index (Phi) is 4.37. The molecule has 0 radical (unpaired) electrons. The van der Waals surface area contributed by atoms with Gasteiger partial charge in [0, 0.05) is 50.2 Å².